The molecule has 138 valence electrons. The monoisotopic (exact) mass is 365 g/mol. The number of carbonyl (C=O) groups excluding carboxylic acids is 2. The summed E-state index contributed by atoms with van der Waals surface area (Å²) in [6.07, 6.45) is 0.156. The highest BCUT2D eigenvalue weighted by molar-refractivity contribution is 8.01. The fraction of sp³-hybridized carbons (Fsp3) is 0.579. The summed E-state index contributed by atoms with van der Waals surface area (Å²) in [6.45, 7) is 9.37. The van der Waals surface area contributed by atoms with Gasteiger partial charge in [0.05, 0.1) is 12.5 Å². The highest BCUT2D eigenvalue weighted by atomic mass is 32.2. The maximum atomic E-state index is 12.9. The van der Waals surface area contributed by atoms with Crippen LogP contribution >= 0.6 is 11.8 Å². The van der Waals surface area contributed by atoms with E-state index in [0.29, 0.717) is 6.42 Å². The number of carbonyl (C=O) groups is 2. The van der Waals surface area contributed by atoms with Crippen LogP contribution in [0.1, 0.15) is 40.2 Å². The van der Waals surface area contributed by atoms with E-state index in [9.17, 15) is 9.59 Å². The zero-order valence-corrected chi connectivity index (χ0v) is 16.6. The van der Waals surface area contributed by atoms with Crippen molar-refractivity contribution in [3.05, 3.63) is 35.9 Å². The summed E-state index contributed by atoms with van der Waals surface area (Å²) in [7, 11) is 1.35. The Kier molecular flexibility index (Phi) is 5.72. The van der Waals surface area contributed by atoms with E-state index in [1.54, 1.807) is 16.7 Å². The Morgan fingerprint density at radius 2 is 1.80 bits per heavy atom. The Morgan fingerprint density at radius 1 is 1.20 bits per heavy atom. The molecule has 2 rings (SSSR count). The minimum absolute atomic E-state index is 0.198. The minimum atomic E-state index is -0.689. The minimum Gasteiger partial charge on any atom is -0.467 e. The van der Waals surface area contributed by atoms with Gasteiger partial charge >= 0.3 is 12.1 Å². The molecule has 0 bridgehead atoms. The second-order valence-electron chi connectivity index (χ2n) is 7.68. The molecule has 0 aromatic heterocycles. The molecule has 1 aliphatic rings. The van der Waals surface area contributed by atoms with Gasteiger partial charge in [0.15, 0.2) is 0 Å². The molecule has 5 nitrogen and oxygen atoms in total. The second-order valence-corrected chi connectivity index (χ2v) is 9.51. The topological polar surface area (TPSA) is 55.8 Å². The highest BCUT2D eigenvalue weighted by Crippen LogP contribution is 2.46. The van der Waals surface area contributed by atoms with E-state index in [1.807, 2.05) is 65.0 Å². The van der Waals surface area contributed by atoms with Gasteiger partial charge in [0.2, 0.25) is 0 Å². The number of benzene rings is 1. The predicted octanol–water partition coefficient (Wildman–Crippen LogP) is 3.86. The lowest BCUT2D eigenvalue weighted by Crippen LogP contribution is -2.52. The molecule has 0 radical (unpaired) electrons. The summed E-state index contributed by atoms with van der Waals surface area (Å²) in [4.78, 5) is 26.8. The zero-order chi connectivity index (χ0) is 18.8. The molecule has 1 heterocycles. The summed E-state index contributed by atoms with van der Waals surface area (Å²) in [6, 6.07) is 9.24. The number of methoxy groups -OCH3 is 1. The van der Waals surface area contributed by atoms with E-state index in [1.165, 1.54) is 7.11 Å². The van der Waals surface area contributed by atoms with E-state index in [2.05, 4.69) is 0 Å². The number of rotatable bonds is 3. The fourth-order valence-electron chi connectivity index (χ4n) is 2.98. The van der Waals surface area contributed by atoms with Crippen LogP contribution in [0.5, 0.6) is 0 Å². The molecule has 1 aliphatic heterocycles. The number of nitrogens with zero attached hydrogens (tertiary/aromatic N) is 1. The Bertz CT molecular complexity index is 624. The van der Waals surface area contributed by atoms with Gasteiger partial charge in [-0.1, -0.05) is 30.3 Å². The molecule has 1 aromatic carbocycles. The molecular weight excluding hydrogens is 338 g/mol. The lowest BCUT2D eigenvalue weighted by molar-refractivity contribution is -0.147. The molecule has 6 heteroatoms. The maximum Gasteiger partial charge on any atom is 0.412 e. The van der Waals surface area contributed by atoms with Gasteiger partial charge in [-0.2, -0.15) is 0 Å². The first-order chi connectivity index (χ1) is 11.5. The third-order valence-corrected chi connectivity index (χ3v) is 5.47. The van der Waals surface area contributed by atoms with Gasteiger partial charge in [-0.3, -0.25) is 4.90 Å². The fourth-order valence-corrected chi connectivity index (χ4v) is 4.61. The standard InChI is InChI=1S/C19H27NO4S/c1-18(2,3)24-17(22)20-14(12-13-10-8-7-9-11-13)25-19(4,5)15(20)16(21)23-6/h7-11,14-15H,12H2,1-6H3/t14?,15-/m0/s1. The molecule has 0 saturated carbocycles. The van der Waals surface area contributed by atoms with Crippen LogP contribution in [0.2, 0.25) is 0 Å². The van der Waals surface area contributed by atoms with Gasteiger partial charge in [-0.25, -0.2) is 9.59 Å². The molecule has 25 heavy (non-hydrogen) atoms. The lowest BCUT2D eigenvalue weighted by atomic mass is 10.0. The van der Waals surface area contributed by atoms with Gasteiger partial charge in [0.25, 0.3) is 0 Å². The van der Waals surface area contributed by atoms with Crippen molar-refractivity contribution in [1.82, 2.24) is 4.90 Å². The van der Waals surface area contributed by atoms with Crippen molar-refractivity contribution in [2.75, 3.05) is 7.11 Å². The van der Waals surface area contributed by atoms with Gasteiger partial charge in [-0.15, -0.1) is 11.8 Å². The Hall–Kier alpha value is -1.69. The molecule has 1 saturated heterocycles. The van der Waals surface area contributed by atoms with Crippen LogP contribution in [-0.2, 0) is 20.7 Å². The Balaban J connectivity index is 2.35. The predicted molar refractivity (Wildman–Crippen MR) is 99.5 cm³/mol. The van der Waals surface area contributed by atoms with Crippen molar-refractivity contribution in [2.45, 2.75) is 62.8 Å². The van der Waals surface area contributed by atoms with Crippen molar-refractivity contribution in [2.24, 2.45) is 0 Å². The summed E-state index contributed by atoms with van der Waals surface area (Å²) in [5, 5.41) is -0.198. The van der Waals surface area contributed by atoms with Crippen molar-refractivity contribution in [1.29, 1.82) is 0 Å². The quantitative estimate of drug-likeness (QED) is 0.761. The molecule has 1 fully saturated rings. The summed E-state index contributed by atoms with van der Waals surface area (Å²) in [5.74, 6) is -0.418. The Labute approximate surface area is 154 Å². The first-order valence-electron chi connectivity index (χ1n) is 8.36. The van der Waals surface area contributed by atoms with Crippen molar-refractivity contribution >= 4 is 23.8 Å². The maximum absolute atomic E-state index is 12.9. The van der Waals surface area contributed by atoms with E-state index >= 15 is 0 Å². The van der Waals surface area contributed by atoms with E-state index < -0.39 is 28.5 Å². The lowest BCUT2D eigenvalue weighted by Gasteiger charge is -2.32. The molecule has 1 aromatic rings. The van der Waals surface area contributed by atoms with Crippen molar-refractivity contribution in [3.8, 4) is 0 Å². The van der Waals surface area contributed by atoms with Crippen molar-refractivity contribution < 1.29 is 19.1 Å². The molecule has 1 amide bonds. The van der Waals surface area contributed by atoms with Crippen LogP contribution in [0.3, 0.4) is 0 Å². The second kappa shape index (κ2) is 7.28. The molecule has 0 N–H and O–H groups in total. The summed E-state index contributed by atoms with van der Waals surface area (Å²) >= 11 is 1.60. The third-order valence-electron chi connectivity index (χ3n) is 3.97. The first-order valence-corrected chi connectivity index (χ1v) is 9.24. The number of esters is 1. The number of thioether (sulfide) groups is 1. The number of hydrogen-bond donors (Lipinski definition) is 0. The third kappa shape index (κ3) is 4.69. The number of amides is 1. The normalized spacial score (nSPS) is 22.6. The smallest absolute Gasteiger partial charge is 0.412 e. The van der Waals surface area contributed by atoms with E-state index in [-0.39, 0.29) is 5.37 Å². The van der Waals surface area contributed by atoms with E-state index in [0.717, 1.165) is 5.56 Å². The average Bonchev–Trinajstić information content (AvgIpc) is 2.76. The highest BCUT2D eigenvalue weighted by Gasteiger charge is 2.54. The van der Waals surface area contributed by atoms with Gasteiger partial charge < -0.3 is 9.47 Å². The van der Waals surface area contributed by atoms with Gasteiger partial charge in [0, 0.05) is 11.2 Å². The number of hydrogen-bond acceptors (Lipinski definition) is 5. The van der Waals surface area contributed by atoms with Crippen LogP contribution in [0.4, 0.5) is 4.79 Å². The summed E-state index contributed by atoms with van der Waals surface area (Å²) in [5.41, 5.74) is 0.474. The van der Waals surface area contributed by atoms with E-state index in [4.69, 9.17) is 9.47 Å². The average molecular weight is 365 g/mol. The van der Waals surface area contributed by atoms with Gasteiger partial charge in [-0.05, 0) is 40.2 Å². The van der Waals surface area contributed by atoms with Crippen LogP contribution < -0.4 is 0 Å². The van der Waals surface area contributed by atoms with Crippen LogP contribution in [-0.4, -0.2) is 45.8 Å². The molecule has 2 atom stereocenters. The largest absolute Gasteiger partial charge is 0.467 e. The molecule has 0 spiro atoms. The van der Waals surface area contributed by atoms with Crippen LogP contribution in [0.15, 0.2) is 30.3 Å². The first kappa shape index (κ1) is 19.6. The van der Waals surface area contributed by atoms with Crippen molar-refractivity contribution in [3.63, 3.8) is 0 Å². The zero-order valence-electron chi connectivity index (χ0n) is 15.7. The summed E-state index contributed by atoms with van der Waals surface area (Å²) < 4.78 is 10.1. The van der Waals surface area contributed by atoms with Crippen LogP contribution in [0.25, 0.3) is 0 Å². The number of ether oxygens (including phenoxy) is 2. The van der Waals surface area contributed by atoms with Gasteiger partial charge in [0.1, 0.15) is 11.6 Å². The SMILES string of the molecule is COC(=O)[C@@H]1N(C(=O)OC(C)(C)C)C(Cc2ccccc2)SC1(C)C. The Morgan fingerprint density at radius 3 is 2.32 bits per heavy atom. The molecule has 0 aliphatic carbocycles. The van der Waals surface area contributed by atoms with Crippen LogP contribution in [0, 0.1) is 0 Å². The molecular formula is C19H27NO4S. The molecule has 1 unspecified atom stereocenters.